The van der Waals surface area contributed by atoms with Gasteiger partial charge in [0, 0.05) is 6.54 Å². The molecule has 2 rings (SSSR count). The van der Waals surface area contributed by atoms with Gasteiger partial charge in [-0.25, -0.2) is 4.98 Å². The highest BCUT2D eigenvalue weighted by atomic mass is 15.0. The third kappa shape index (κ3) is 1.13. The summed E-state index contributed by atoms with van der Waals surface area (Å²) in [7, 11) is 0. The fourth-order valence-corrected chi connectivity index (χ4v) is 1.36. The number of aromatic nitrogens is 1. The summed E-state index contributed by atoms with van der Waals surface area (Å²) in [6.07, 6.45) is 3.97. The van der Waals surface area contributed by atoms with Gasteiger partial charge in [-0.2, -0.15) is 0 Å². The number of anilines is 2. The van der Waals surface area contributed by atoms with Gasteiger partial charge in [0.05, 0.1) is 11.9 Å². The lowest BCUT2D eigenvalue weighted by Gasteiger charge is -2.16. The minimum Gasteiger partial charge on any atom is -0.397 e. The summed E-state index contributed by atoms with van der Waals surface area (Å²) >= 11 is 0. The Hall–Kier alpha value is -1.25. The molecule has 0 atom stereocenters. The summed E-state index contributed by atoms with van der Waals surface area (Å²) in [5.74, 6) is 1.01. The second-order valence-corrected chi connectivity index (χ2v) is 2.81. The van der Waals surface area contributed by atoms with Gasteiger partial charge in [-0.1, -0.05) is 0 Å². The molecule has 0 unspecified atom stereocenters. The van der Waals surface area contributed by atoms with Crippen molar-refractivity contribution in [3.8, 4) is 0 Å². The Morgan fingerprint density at radius 3 is 3.36 bits per heavy atom. The van der Waals surface area contributed by atoms with Crippen molar-refractivity contribution >= 4 is 11.5 Å². The van der Waals surface area contributed by atoms with Crippen LogP contribution in [-0.4, -0.2) is 11.5 Å². The van der Waals surface area contributed by atoms with Crippen molar-refractivity contribution in [1.29, 1.82) is 0 Å². The molecule has 3 nitrogen and oxygen atoms in total. The molecule has 3 heteroatoms. The summed E-state index contributed by atoms with van der Waals surface area (Å²) in [5.41, 5.74) is 7.60. The lowest BCUT2D eigenvalue weighted by molar-refractivity contribution is 0.818. The SMILES string of the molecule is Nc1cnc2c(c1)CCCN2. The first-order chi connectivity index (χ1) is 5.36. The minimum absolute atomic E-state index is 0.757. The van der Waals surface area contributed by atoms with Gasteiger partial charge in [0.25, 0.3) is 0 Å². The third-order valence-electron chi connectivity index (χ3n) is 1.90. The molecular weight excluding hydrogens is 138 g/mol. The first kappa shape index (κ1) is 6.46. The topological polar surface area (TPSA) is 50.9 Å². The number of pyridine rings is 1. The Kier molecular flexibility index (Phi) is 1.42. The van der Waals surface area contributed by atoms with E-state index in [1.807, 2.05) is 6.07 Å². The fraction of sp³-hybridized carbons (Fsp3) is 0.375. The average Bonchev–Trinajstić information content (AvgIpc) is 2.04. The first-order valence-electron chi connectivity index (χ1n) is 3.84. The van der Waals surface area contributed by atoms with Gasteiger partial charge < -0.3 is 11.1 Å². The molecule has 0 spiro atoms. The molecule has 11 heavy (non-hydrogen) atoms. The summed E-state index contributed by atoms with van der Waals surface area (Å²) in [6, 6.07) is 1.99. The van der Waals surface area contributed by atoms with Crippen LogP contribution in [0.15, 0.2) is 12.3 Å². The second kappa shape index (κ2) is 2.42. The number of nitrogens with zero attached hydrogens (tertiary/aromatic N) is 1. The molecule has 1 aromatic heterocycles. The zero-order valence-corrected chi connectivity index (χ0v) is 6.30. The zero-order valence-electron chi connectivity index (χ0n) is 6.30. The molecule has 0 amide bonds. The molecule has 0 bridgehead atoms. The summed E-state index contributed by atoms with van der Waals surface area (Å²) < 4.78 is 0. The molecule has 0 aromatic carbocycles. The Morgan fingerprint density at radius 2 is 2.45 bits per heavy atom. The van der Waals surface area contributed by atoms with Crippen LogP contribution in [0.3, 0.4) is 0 Å². The number of hydrogen-bond donors (Lipinski definition) is 2. The van der Waals surface area contributed by atoms with Crippen LogP contribution in [0.2, 0.25) is 0 Å². The van der Waals surface area contributed by atoms with E-state index in [0.29, 0.717) is 0 Å². The van der Waals surface area contributed by atoms with E-state index >= 15 is 0 Å². The van der Waals surface area contributed by atoms with Crippen molar-refractivity contribution in [2.24, 2.45) is 0 Å². The number of nitrogen functional groups attached to an aromatic ring is 1. The highest BCUT2D eigenvalue weighted by Gasteiger charge is 2.08. The number of nitrogens with two attached hydrogens (primary N) is 1. The Bertz CT molecular complexity index is 270. The molecule has 1 aromatic rings. The first-order valence-corrected chi connectivity index (χ1v) is 3.84. The number of nitrogens with one attached hydrogen (secondary N) is 1. The van der Waals surface area contributed by atoms with Crippen LogP contribution in [0.5, 0.6) is 0 Å². The smallest absolute Gasteiger partial charge is 0.129 e. The predicted molar refractivity (Wildman–Crippen MR) is 45.5 cm³/mol. The molecule has 0 radical (unpaired) electrons. The van der Waals surface area contributed by atoms with Crippen molar-refractivity contribution in [3.63, 3.8) is 0 Å². The van der Waals surface area contributed by atoms with Crippen molar-refractivity contribution < 1.29 is 0 Å². The van der Waals surface area contributed by atoms with E-state index in [2.05, 4.69) is 10.3 Å². The quantitative estimate of drug-likeness (QED) is 0.579. The molecule has 58 valence electrons. The van der Waals surface area contributed by atoms with E-state index in [0.717, 1.165) is 24.5 Å². The average molecular weight is 149 g/mol. The van der Waals surface area contributed by atoms with Crippen LogP contribution in [0.25, 0.3) is 0 Å². The maximum absolute atomic E-state index is 5.59. The molecule has 1 aliphatic heterocycles. The number of fused-ring (bicyclic) bond motifs is 1. The van der Waals surface area contributed by atoms with E-state index in [1.165, 1.54) is 12.0 Å². The summed E-state index contributed by atoms with van der Waals surface area (Å²) in [4.78, 5) is 4.18. The van der Waals surface area contributed by atoms with Gasteiger partial charge in [-0.15, -0.1) is 0 Å². The van der Waals surface area contributed by atoms with E-state index in [9.17, 15) is 0 Å². The number of aryl methyl sites for hydroxylation is 1. The summed E-state index contributed by atoms with van der Waals surface area (Å²) in [6.45, 7) is 1.03. The van der Waals surface area contributed by atoms with Gasteiger partial charge in [-0.05, 0) is 24.5 Å². The molecule has 0 fully saturated rings. The van der Waals surface area contributed by atoms with E-state index in [-0.39, 0.29) is 0 Å². The Balaban J connectivity index is 2.43. The fourth-order valence-electron chi connectivity index (χ4n) is 1.36. The normalized spacial score (nSPS) is 15.3. The van der Waals surface area contributed by atoms with E-state index in [1.54, 1.807) is 6.20 Å². The van der Waals surface area contributed by atoms with Crippen molar-refractivity contribution in [3.05, 3.63) is 17.8 Å². The number of rotatable bonds is 0. The van der Waals surface area contributed by atoms with E-state index in [4.69, 9.17) is 5.73 Å². The van der Waals surface area contributed by atoms with Gasteiger partial charge in [0.15, 0.2) is 0 Å². The minimum atomic E-state index is 0.757. The second-order valence-electron chi connectivity index (χ2n) is 2.81. The third-order valence-corrected chi connectivity index (χ3v) is 1.90. The highest BCUT2D eigenvalue weighted by Crippen LogP contribution is 2.20. The monoisotopic (exact) mass is 149 g/mol. The van der Waals surface area contributed by atoms with Gasteiger partial charge >= 0.3 is 0 Å². The van der Waals surface area contributed by atoms with Gasteiger partial charge in [-0.3, -0.25) is 0 Å². The van der Waals surface area contributed by atoms with Crippen LogP contribution < -0.4 is 11.1 Å². The van der Waals surface area contributed by atoms with Crippen LogP contribution in [0, 0.1) is 0 Å². The molecule has 0 saturated heterocycles. The largest absolute Gasteiger partial charge is 0.397 e. The Labute approximate surface area is 65.6 Å². The zero-order chi connectivity index (χ0) is 7.68. The predicted octanol–water partition coefficient (Wildman–Crippen LogP) is 1.02. The van der Waals surface area contributed by atoms with Crippen LogP contribution in [0.4, 0.5) is 11.5 Å². The molecule has 2 heterocycles. The van der Waals surface area contributed by atoms with Gasteiger partial charge in [0.2, 0.25) is 0 Å². The van der Waals surface area contributed by atoms with Crippen molar-refractivity contribution in [2.45, 2.75) is 12.8 Å². The molecule has 1 aliphatic rings. The highest BCUT2D eigenvalue weighted by molar-refractivity contribution is 5.52. The maximum atomic E-state index is 5.59. The molecule has 3 N–H and O–H groups in total. The van der Waals surface area contributed by atoms with Gasteiger partial charge in [0.1, 0.15) is 5.82 Å². The number of hydrogen-bond acceptors (Lipinski definition) is 3. The van der Waals surface area contributed by atoms with Crippen LogP contribution in [0.1, 0.15) is 12.0 Å². The lowest BCUT2D eigenvalue weighted by Crippen LogP contribution is -2.13. The molecular formula is C8H11N3. The summed E-state index contributed by atoms with van der Waals surface area (Å²) in [5, 5.41) is 3.22. The Morgan fingerprint density at radius 1 is 1.55 bits per heavy atom. The maximum Gasteiger partial charge on any atom is 0.129 e. The lowest BCUT2D eigenvalue weighted by atomic mass is 10.1. The van der Waals surface area contributed by atoms with E-state index < -0.39 is 0 Å². The van der Waals surface area contributed by atoms with Crippen LogP contribution >= 0.6 is 0 Å². The van der Waals surface area contributed by atoms with Crippen molar-refractivity contribution in [1.82, 2.24) is 4.98 Å². The van der Waals surface area contributed by atoms with Crippen molar-refractivity contribution in [2.75, 3.05) is 17.6 Å². The molecule has 0 saturated carbocycles. The standard InChI is InChI=1S/C8H11N3/c9-7-4-6-2-1-3-10-8(6)11-5-7/h4-5H,1-3,9H2,(H,10,11). The molecule has 0 aliphatic carbocycles. The van der Waals surface area contributed by atoms with Crippen LogP contribution in [-0.2, 0) is 6.42 Å².